The fourth-order valence-electron chi connectivity index (χ4n) is 3.27. The van der Waals surface area contributed by atoms with Crippen molar-refractivity contribution in [2.45, 2.75) is 32.4 Å². The van der Waals surface area contributed by atoms with Crippen LogP contribution in [0.4, 0.5) is 10.5 Å². The summed E-state index contributed by atoms with van der Waals surface area (Å²) in [7, 11) is 1.66. The van der Waals surface area contributed by atoms with Crippen molar-refractivity contribution in [2.24, 2.45) is 0 Å². The molecule has 2 fully saturated rings. The summed E-state index contributed by atoms with van der Waals surface area (Å²) < 4.78 is 5.35. The molecular formula is C17H23N3O3. The van der Waals surface area contributed by atoms with Gasteiger partial charge in [0.1, 0.15) is 6.54 Å². The Morgan fingerprint density at radius 1 is 1.26 bits per heavy atom. The van der Waals surface area contributed by atoms with Gasteiger partial charge < -0.3 is 19.9 Å². The number of carbonyl (C=O) groups is 2. The fraction of sp³-hybridized carbons (Fsp3) is 0.529. The van der Waals surface area contributed by atoms with E-state index in [0.717, 1.165) is 17.7 Å². The predicted molar refractivity (Wildman–Crippen MR) is 87.4 cm³/mol. The molecule has 0 radical (unpaired) electrons. The second kappa shape index (κ2) is 6.20. The number of urea groups is 1. The van der Waals surface area contributed by atoms with Gasteiger partial charge in [-0.25, -0.2) is 4.79 Å². The first-order valence-electron chi connectivity index (χ1n) is 7.93. The van der Waals surface area contributed by atoms with Crippen LogP contribution in [0.25, 0.3) is 0 Å². The smallest absolute Gasteiger partial charge is 0.322 e. The molecule has 6 heteroatoms. The highest BCUT2D eigenvalue weighted by Crippen LogP contribution is 2.25. The molecule has 1 N–H and O–H groups in total. The molecule has 0 aliphatic carbocycles. The number of aryl methyl sites for hydroxylation is 2. The molecule has 0 spiro atoms. The minimum Gasteiger partial charge on any atom is -0.380 e. The zero-order valence-corrected chi connectivity index (χ0v) is 13.8. The molecule has 3 rings (SSSR count). The lowest BCUT2D eigenvalue weighted by Crippen LogP contribution is -2.56. The summed E-state index contributed by atoms with van der Waals surface area (Å²) >= 11 is 0. The summed E-state index contributed by atoms with van der Waals surface area (Å²) in [6.07, 6.45) is 0.863. The van der Waals surface area contributed by atoms with Crippen molar-refractivity contribution in [3.63, 3.8) is 0 Å². The van der Waals surface area contributed by atoms with Crippen LogP contribution in [0.15, 0.2) is 18.2 Å². The fourth-order valence-corrected chi connectivity index (χ4v) is 3.27. The third-order valence-corrected chi connectivity index (χ3v) is 4.83. The van der Waals surface area contributed by atoms with Crippen molar-refractivity contribution in [1.29, 1.82) is 0 Å². The number of anilines is 1. The van der Waals surface area contributed by atoms with E-state index in [4.69, 9.17) is 4.74 Å². The molecule has 0 saturated carbocycles. The van der Waals surface area contributed by atoms with Gasteiger partial charge in [0.25, 0.3) is 0 Å². The molecule has 2 heterocycles. The predicted octanol–water partition coefficient (Wildman–Crippen LogP) is 1.77. The molecule has 0 aromatic heterocycles. The first-order chi connectivity index (χ1) is 11.0. The number of ether oxygens (including phenoxy) is 1. The van der Waals surface area contributed by atoms with E-state index in [9.17, 15) is 9.59 Å². The van der Waals surface area contributed by atoms with Gasteiger partial charge in [-0.3, -0.25) is 4.79 Å². The third kappa shape index (κ3) is 3.17. The lowest BCUT2D eigenvalue weighted by molar-refractivity contribution is -0.136. The quantitative estimate of drug-likeness (QED) is 0.904. The van der Waals surface area contributed by atoms with Gasteiger partial charge in [-0.1, -0.05) is 6.07 Å². The average Bonchev–Trinajstić information content (AvgIpc) is 2.94. The van der Waals surface area contributed by atoms with E-state index in [1.54, 1.807) is 12.0 Å². The number of amides is 3. The van der Waals surface area contributed by atoms with Gasteiger partial charge in [0.15, 0.2) is 0 Å². The molecule has 2 saturated heterocycles. The standard InChI is InChI=1S/C17H23N3O3/c1-11-4-5-13(6-12(11)2)18-17(22)19-8-14-7-15(23-3)9-20(14)16(21)10-19/h4-6,14-15H,7-10H2,1-3H3,(H,18,22)/t14-,15-/m0/s1. The SMILES string of the molecule is CO[C@H]1C[C@H]2CN(C(=O)Nc3ccc(C)c(C)c3)CC(=O)N2C1. The van der Waals surface area contributed by atoms with E-state index in [1.165, 1.54) is 5.56 Å². The second-order valence-electron chi connectivity index (χ2n) is 6.40. The number of hydrogen-bond acceptors (Lipinski definition) is 3. The van der Waals surface area contributed by atoms with Gasteiger partial charge in [-0.2, -0.15) is 0 Å². The van der Waals surface area contributed by atoms with Crippen molar-refractivity contribution in [1.82, 2.24) is 9.80 Å². The number of nitrogens with one attached hydrogen (secondary N) is 1. The van der Waals surface area contributed by atoms with Crippen LogP contribution in [-0.4, -0.2) is 60.6 Å². The van der Waals surface area contributed by atoms with Crippen LogP contribution in [0.5, 0.6) is 0 Å². The molecule has 0 unspecified atom stereocenters. The van der Waals surface area contributed by atoms with Gasteiger partial charge in [0, 0.05) is 25.9 Å². The van der Waals surface area contributed by atoms with E-state index < -0.39 is 0 Å². The van der Waals surface area contributed by atoms with Gasteiger partial charge in [0.2, 0.25) is 5.91 Å². The number of fused-ring (bicyclic) bond motifs is 1. The van der Waals surface area contributed by atoms with E-state index in [1.807, 2.05) is 36.9 Å². The summed E-state index contributed by atoms with van der Waals surface area (Å²) in [6, 6.07) is 5.65. The monoisotopic (exact) mass is 317 g/mol. The summed E-state index contributed by atoms with van der Waals surface area (Å²) in [4.78, 5) is 28.1. The highest BCUT2D eigenvalue weighted by atomic mass is 16.5. The first kappa shape index (κ1) is 15.8. The van der Waals surface area contributed by atoms with Crippen molar-refractivity contribution < 1.29 is 14.3 Å². The van der Waals surface area contributed by atoms with Crippen LogP contribution >= 0.6 is 0 Å². The van der Waals surface area contributed by atoms with Gasteiger partial charge in [-0.15, -0.1) is 0 Å². The molecule has 124 valence electrons. The van der Waals surface area contributed by atoms with Crippen LogP contribution in [0.1, 0.15) is 17.5 Å². The van der Waals surface area contributed by atoms with E-state index >= 15 is 0 Å². The molecule has 0 bridgehead atoms. The normalized spacial score (nSPS) is 23.9. The highest BCUT2D eigenvalue weighted by molar-refractivity contribution is 5.93. The third-order valence-electron chi connectivity index (χ3n) is 4.83. The number of methoxy groups -OCH3 is 1. The number of rotatable bonds is 2. The minimum atomic E-state index is -0.220. The lowest BCUT2D eigenvalue weighted by atomic mass is 10.1. The molecule has 23 heavy (non-hydrogen) atoms. The van der Waals surface area contributed by atoms with Gasteiger partial charge in [-0.05, 0) is 43.5 Å². The van der Waals surface area contributed by atoms with Crippen LogP contribution in [-0.2, 0) is 9.53 Å². The number of carbonyl (C=O) groups excluding carboxylic acids is 2. The molecular weight excluding hydrogens is 294 g/mol. The maximum Gasteiger partial charge on any atom is 0.322 e. The number of nitrogens with zero attached hydrogens (tertiary/aromatic N) is 2. The molecule has 2 aliphatic rings. The first-order valence-corrected chi connectivity index (χ1v) is 7.93. The van der Waals surface area contributed by atoms with Crippen LogP contribution in [0, 0.1) is 13.8 Å². The van der Waals surface area contributed by atoms with Crippen molar-refractivity contribution in [3.05, 3.63) is 29.3 Å². The minimum absolute atomic E-state index is 0.00367. The van der Waals surface area contributed by atoms with Crippen molar-refractivity contribution in [2.75, 3.05) is 32.1 Å². The highest BCUT2D eigenvalue weighted by Gasteiger charge is 2.41. The van der Waals surface area contributed by atoms with Crippen molar-refractivity contribution >= 4 is 17.6 Å². The number of benzene rings is 1. The Morgan fingerprint density at radius 2 is 2.04 bits per heavy atom. The topological polar surface area (TPSA) is 61.9 Å². The largest absolute Gasteiger partial charge is 0.380 e. The molecule has 1 aromatic carbocycles. The Labute approximate surface area is 136 Å². The number of piperazine rings is 1. The summed E-state index contributed by atoms with van der Waals surface area (Å²) in [6.45, 7) is 5.36. The summed E-state index contributed by atoms with van der Waals surface area (Å²) in [5.41, 5.74) is 3.07. The Morgan fingerprint density at radius 3 is 2.74 bits per heavy atom. The average molecular weight is 317 g/mol. The Hall–Kier alpha value is -2.08. The Bertz CT molecular complexity index is 632. The summed E-state index contributed by atoms with van der Waals surface area (Å²) in [5.74, 6) is -0.00367. The molecule has 2 aliphatic heterocycles. The Kier molecular flexibility index (Phi) is 4.26. The zero-order valence-electron chi connectivity index (χ0n) is 13.8. The molecule has 6 nitrogen and oxygen atoms in total. The maximum atomic E-state index is 12.5. The van der Waals surface area contributed by atoms with Crippen molar-refractivity contribution in [3.8, 4) is 0 Å². The molecule has 3 amide bonds. The number of hydrogen-bond donors (Lipinski definition) is 1. The van der Waals surface area contributed by atoms with Crippen LogP contribution < -0.4 is 5.32 Å². The lowest BCUT2D eigenvalue weighted by Gasteiger charge is -2.36. The Balaban J connectivity index is 1.66. The molecule has 1 aromatic rings. The molecule has 2 atom stereocenters. The second-order valence-corrected chi connectivity index (χ2v) is 6.40. The van der Waals surface area contributed by atoms with Gasteiger partial charge in [0.05, 0.1) is 12.1 Å². The van der Waals surface area contributed by atoms with E-state index in [-0.39, 0.29) is 30.6 Å². The van der Waals surface area contributed by atoms with E-state index in [2.05, 4.69) is 5.32 Å². The zero-order chi connectivity index (χ0) is 16.6. The summed E-state index contributed by atoms with van der Waals surface area (Å²) in [5, 5.41) is 2.89. The van der Waals surface area contributed by atoms with E-state index in [0.29, 0.717) is 13.1 Å². The van der Waals surface area contributed by atoms with Crippen LogP contribution in [0.3, 0.4) is 0 Å². The van der Waals surface area contributed by atoms with Gasteiger partial charge >= 0.3 is 6.03 Å². The maximum absolute atomic E-state index is 12.5. The van der Waals surface area contributed by atoms with Crippen LogP contribution in [0.2, 0.25) is 0 Å².